The Balaban J connectivity index is 1.99. The quantitative estimate of drug-likeness (QED) is 0.0349. The first-order valence-corrected chi connectivity index (χ1v) is 27.5. The van der Waals surface area contributed by atoms with Crippen LogP contribution < -0.4 is 21.7 Å². The third-order valence-electron chi connectivity index (χ3n) is 12.7. The van der Waals surface area contributed by atoms with Crippen LogP contribution in [0.3, 0.4) is 0 Å². The predicted molar refractivity (Wildman–Crippen MR) is 280 cm³/mol. The van der Waals surface area contributed by atoms with E-state index in [-0.39, 0.29) is 139 Å². The van der Waals surface area contributed by atoms with Gasteiger partial charge in [0.05, 0.1) is 51.3 Å². The monoisotopic (exact) mass is 1050 g/mol. The van der Waals surface area contributed by atoms with Crippen LogP contribution in [0.5, 0.6) is 0 Å². The number of carboxylic acid groups (broad SMARTS) is 2. The maximum Gasteiger partial charge on any atom is 0.326 e. The van der Waals surface area contributed by atoms with E-state index in [1.165, 1.54) is 77.0 Å². The Kier molecular flexibility index (Phi) is 39.7. The molecule has 3 atom stereocenters. The minimum absolute atomic E-state index is 0.0367. The summed E-state index contributed by atoms with van der Waals surface area (Å²) < 4.78 is 21.5. The third kappa shape index (κ3) is 37.2. The van der Waals surface area contributed by atoms with Gasteiger partial charge in [-0.2, -0.15) is 0 Å². The van der Waals surface area contributed by atoms with Gasteiger partial charge in [-0.3, -0.25) is 33.6 Å². The number of nitrogens with two attached hydrogens (primary N) is 1. The highest BCUT2D eigenvalue weighted by Gasteiger charge is 2.35. The van der Waals surface area contributed by atoms with Crippen molar-refractivity contribution in [3.8, 4) is 0 Å². The number of amides is 3. The number of carboxylic acids is 2. The number of ketones is 3. The summed E-state index contributed by atoms with van der Waals surface area (Å²) in [4.78, 5) is 105. The smallest absolute Gasteiger partial charge is 0.326 e. The summed E-state index contributed by atoms with van der Waals surface area (Å²) in [5.74, 6) is -4.88. The zero-order chi connectivity index (χ0) is 54.7. The zero-order valence-electron chi connectivity index (χ0n) is 45.2. The van der Waals surface area contributed by atoms with Gasteiger partial charge in [-0.05, 0) is 32.1 Å². The minimum atomic E-state index is -1.15. The molecular formula is C54H94N6O14. The van der Waals surface area contributed by atoms with Crippen LogP contribution in [0.1, 0.15) is 187 Å². The average Bonchev–Trinajstić information content (AvgIpc) is 3.87. The largest absolute Gasteiger partial charge is 0.481 e. The van der Waals surface area contributed by atoms with Gasteiger partial charge < -0.3 is 55.8 Å². The van der Waals surface area contributed by atoms with Crippen molar-refractivity contribution in [2.24, 2.45) is 17.1 Å². The highest BCUT2D eigenvalue weighted by molar-refractivity contribution is 5.94. The van der Waals surface area contributed by atoms with E-state index in [0.717, 1.165) is 25.7 Å². The second kappa shape index (κ2) is 43.6. The molecule has 20 nitrogen and oxygen atoms in total. The van der Waals surface area contributed by atoms with Crippen LogP contribution in [0.15, 0.2) is 12.5 Å². The van der Waals surface area contributed by atoms with Crippen molar-refractivity contribution in [1.29, 1.82) is 0 Å². The molecule has 74 heavy (non-hydrogen) atoms. The van der Waals surface area contributed by atoms with Crippen molar-refractivity contribution in [1.82, 2.24) is 25.9 Å². The minimum Gasteiger partial charge on any atom is -0.481 e. The molecule has 0 aliphatic heterocycles. The van der Waals surface area contributed by atoms with Gasteiger partial charge in [0.1, 0.15) is 30.8 Å². The van der Waals surface area contributed by atoms with Crippen LogP contribution in [0.2, 0.25) is 0 Å². The fourth-order valence-electron chi connectivity index (χ4n) is 8.09. The lowest BCUT2D eigenvalue weighted by Gasteiger charge is -2.25. The van der Waals surface area contributed by atoms with Gasteiger partial charge in [0.15, 0.2) is 5.78 Å². The molecule has 0 radical (unpaired) electrons. The summed E-state index contributed by atoms with van der Waals surface area (Å²) in [7, 11) is 0. The van der Waals surface area contributed by atoms with Crippen molar-refractivity contribution >= 4 is 47.0 Å². The molecule has 0 aliphatic carbocycles. The molecule has 20 heteroatoms. The van der Waals surface area contributed by atoms with Gasteiger partial charge in [0, 0.05) is 75.5 Å². The number of carbonyl (C=O) groups excluding carboxylic acids is 6. The number of aromatic amines is 1. The van der Waals surface area contributed by atoms with Crippen LogP contribution in [0.25, 0.3) is 0 Å². The van der Waals surface area contributed by atoms with Gasteiger partial charge in [0.2, 0.25) is 17.7 Å². The van der Waals surface area contributed by atoms with Crippen molar-refractivity contribution in [2.75, 3.05) is 65.9 Å². The van der Waals surface area contributed by atoms with Crippen LogP contribution in [0, 0.1) is 11.3 Å². The molecule has 0 fully saturated rings. The Bertz CT molecular complexity index is 1710. The number of rotatable bonds is 52. The maximum absolute atomic E-state index is 13.0. The predicted octanol–water partition coefficient (Wildman–Crippen LogP) is 6.35. The Morgan fingerprint density at radius 1 is 0.622 bits per heavy atom. The first-order valence-electron chi connectivity index (χ1n) is 27.5. The van der Waals surface area contributed by atoms with E-state index in [1.807, 2.05) is 0 Å². The molecule has 0 aromatic carbocycles. The van der Waals surface area contributed by atoms with E-state index in [2.05, 4.69) is 32.8 Å². The number of nitrogens with zero attached hydrogens (tertiary/aromatic N) is 1. The average molecular weight is 1050 g/mol. The molecule has 1 rings (SSSR count). The molecule has 3 amide bonds. The fraction of sp³-hybridized carbons (Fsp3) is 0.796. The van der Waals surface area contributed by atoms with Crippen LogP contribution >= 0.6 is 0 Å². The van der Waals surface area contributed by atoms with Crippen molar-refractivity contribution in [2.45, 2.75) is 200 Å². The van der Waals surface area contributed by atoms with E-state index in [1.54, 1.807) is 20.0 Å². The summed E-state index contributed by atoms with van der Waals surface area (Å²) in [5.41, 5.74) is 5.65. The van der Waals surface area contributed by atoms with E-state index in [0.29, 0.717) is 38.1 Å². The van der Waals surface area contributed by atoms with Gasteiger partial charge in [-0.1, -0.05) is 117 Å². The van der Waals surface area contributed by atoms with Crippen LogP contribution in [-0.4, -0.2) is 145 Å². The number of nitrogens with one attached hydrogen (secondary N) is 4. The lowest BCUT2D eigenvalue weighted by Crippen LogP contribution is -2.41. The normalized spacial score (nSPS) is 12.7. The SMILES string of the molecule is CCCCCCCCCCCCCCCCCC(=O)NC(CCC(=O)CCCOCCOCC(=O)NCCOCCOCC(=O)NCCCC[C@H](CC(=O)C(C)(C)CC(=O)[C@@H](N)Cc1cnc[nH]1)C(=O)O)C(=O)O. The number of aliphatic carboxylic acids is 2. The van der Waals surface area contributed by atoms with E-state index < -0.39 is 35.4 Å². The molecule has 0 saturated heterocycles. The molecule has 1 aromatic heterocycles. The molecule has 0 saturated carbocycles. The Labute approximate surface area is 440 Å². The fourth-order valence-corrected chi connectivity index (χ4v) is 8.09. The van der Waals surface area contributed by atoms with Crippen LogP contribution in [-0.2, 0) is 63.7 Å². The molecular weight excluding hydrogens is 957 g/mol. The molecule has 8 N–H and O–H groups in total. The number of aromatic nitrogens is 2. The van der Waals surface area contributed by atoms with Crippen molar-refractivity contribution < 1.29 is 67.5 Å². The summed E-state index contributed by atoms with van der Waals surface area (Å²) >= 11 is 0. The molecule has 0 aliphatic rings. The highest BCUT2D eigenvalue weighted by atomic mass is 16.5. The number of carbonyl (C=O) groups is 8. The number of H-pyrrole nitrogens is 1. The van der Waals surface area contributed by atoms with Crippen molar-refractivity contribution in [3.05, 3.63) is 18.2 Å². The lowest BCUT2D eigenvalue weighted by atomic mass is 9.77. The van der Waals surface area contributed by atoms with Crippen molar-refractivity contribution in [3.63, 3.8) is 0 Å². The second-order valence-corrected chi connectivity index (χ2v) is 19.9. The van der Waals surface area contributed by atoms with E-state index >= 15 is 0 Å². The van der Waals surface area contributed by atoms with Crippen LogP contribution in [0.4, 0.5) is 0 Å². The zero-order valence-corrected chi connectivity index (χ0v) is 45.2. The molecule has 1 unspecified atom stereocenters. The van der Waals surface area contributed by atoms with Gasteiger partial charge in [-0.25, -0.2) is 9.78 Å². The van der Waals surface area contributed by atoms with E-state index in [9.17, 15) is 48.6 Å². The number of imidazole rings is 1. The molecule has 424 valence electrons. The molecule has 0 spiro atoms. The van der Waals surface area contributed by atoms with E-state index in [4.69, 9.17) is 24.7 Å². The molecule has 1 heterocycles. The Morgan fingerprint density at radius 2 is 1.18 bits per heavy atom. The number of hydrogen-bond donors (Lipinski definition) is 7. The lowest BCUT2D eigenvalue weighted by molar-refractivity contribution is -0.145. The molecule has 1 aromatic rings. The highest BCUT2D eigenvalue weighted by Crippen LogP contribution is 2.28. The van der Waals surface area contributed by atoms with Gasteiger partial charge in [-0.15, -0.1) is 0 Å². The summed E-state index contributed by atoms with van der Waals surface area (Å²) in [5, 5.41) is 27.2. The topological polar surface area (TPSA) is 305 Å². The van der Waals surface area contributed by atoms with Gasteiger partial charge in [0.25, 0.3) is 0 Å². The first-order chi connectivity index (χ1) is 35.5. The summed E-state index contributed by atoms with van der Waals surface area (Å²) in [6.07, 6.45) is 23.6. The maximum atomic E-state index is 13.0. The summed E-state index contributed by atoms with van der Waals surface area (Å²) in [6.45, 7) is 6.91. The Morgan fingerprint density at radius 3 is 1.73 bits per heavy atom. The number of hydrogen-bond acceptors (Lipinski definition) is 14. The Hall–Kier alpha value is -4.63. The standard InChI is InChI=1S/C54H94N6O14/c1-4-5-6-7-8-9-10-11-12-13-14-15-16-17-18-24-49(64)60-46(53(69)70)26-25-44(61)23-21-29-71-31-33-73-40-51(66)58-28-30-72-32-34-74-39-50(65)57-27-20-19-22-42(52(67)68)35-48(63)54(2,3)37-47(62)45(55)36-43-38-56-41-59-43/h38,41-42,45-46H,4-37,39-40,55H2,1-3H3,(H,56,59)(H,57,65)(H,58,66)(H,60,64)(H,67,68)(H,69,70)/t42-,45+,46?/m1/s1. The van der Waals surface area contributed by atoms with Gasteiger partial charge >= 0.3 is 11.9 Å². The number of Topliss-reactive ketones (excluding diaryl/α,β-unsaturated/α-hetero) is 3. The third-order valence-corrected chi connectivity index (χ3v) is 12.7. The number of unbranched alkanes of at least 4 members (excludes halogenated alkanes) is 15. The second-order valence-electron chi connectivity index (χ2n) is 19.9. The molecule has 0 bridgehead atoms. The summed E-state index contributed by atoms with van der Waals surface area (Å²) in [6, 6.07) is -1.92. The first kappa shape index (κ1) is 67.4. The number of ether oxygens (including phenoxy) is 4.